The standard InChI is InChI=1S/C24H36Cl2N4O5S/c1-24(2)17-30(36(32,33)23-20(25)4-3-5-21(23)26)19(15-35-24)14-34-16-22(31)29-12-10-28(11-13-29)18-6-8-27-9-7-18/h3-5,18-19,27H,6-17H2,1-2H3/t19-/m1/s1. The van der Waals surface area contributed by atoms with Gasteiger partial charge < -0.3 is 19.7 Å². The summed E-state index contributed by atoms with van der Waals surface area (Å²) in [6.45, 7) is 9.02. The maximum Gasteiger partial charge on any atom is 0.248 e. The van der Waals surface area contributed by atoms with Crippen LogP contribution in [-0.4, -0.2) is 112 Å². The summed E-state index contributed by atoms with van der Waals surface area (Å²) < 4.78 is 40.2. The molecule has 12 heteroatoms. The van der Waals surface area contributed by atoms with Crippen LogP contribution in [0.3, 0.4) is 0 Å². The van der Waals surface area contributed by atoms with Crippen molar-refractivity contribution in [3.8, 4) is 0 Å². The Morgan fingerprint density at radius 1 is 1.14 bits per heavy atom. The van der Waals surface area contributed by atoms with Crippen LogP contribution in [0, 0.1) is 0 Å². The number of nitrogens with one attached hydrogen (secondary N) is 1. The highest BCUT2D eigenvalue weighted by atomic mass is 35.5. The van der Waals surface area contributed by atoms with Crippen LogP contribution in [0.1, 0.15) is 26.7 Å². The normalized spacial score (nSPS) is 24.7. The molecule has 0 radical (unpaired) electrons. The van der Waals surface area contributed by atoms with Gasteiger partial charge in [-0.3, -0.25) is 9.69 Å². The maximum absolute atomic E-state index is 13.6. The SMILES string of the molecule is CC1(C)CN(S(=O)(=O)c2c(Cl)cccc2Cl)[C@H](COCC(=O)N2CCN(C3CCNCC3)CC2)CO1. The molecule has 1 N–H and O–H groups in total. The summed E-state index contributed by atoms with van der Waals surface area (Å²) in [5.41, 5.74) is -0.693. The van der Waals surface area contributed by atoms with Crippen molar-refractivity contribution in [3.05, 3.63) is 28.2 Å². The molecule has 3 aliphatic rings. The lowest BCUT2D eigenvalue weighted by Gasteiger charge is -2.43. The summed E-state index contributed by atoms with van der Waals surface area (Å²) >= 11 is 12.5. The van der Waals surface area contributed by atoms with E-state index in [1.54, 1.807) is 6.07 Å². The molecule has 1 amide bonds. The third kappa shape index (κ3) is 6.53. The van der Waals surface area contributed by atoms with Gasteiger partial charge in [-0.1, -0.05) is 29.3 Å². The minimum atomic E-state index is -4.03. The zero-order valence-electron chi connectivity index (χ0n) is 20.9. The van der Waals surface area contributed by atoms with Crippen molar-refractivity contribution in [2.24, 2.45) is 0 Å². The van der Waals surface area contributed by atoms with Crippen molar-refractivity contribution in [1.29, 1.82) is 0 Å². The smallest absolute Gasteiger partial charge is 0.248 e. The van der Waals surface area contributed by atoms with Crippen molar-refractivity contribution < 1.29 is 22.7 Å². The zero-order chi connectivity index (χ0) is 25.9. The van der Waals surface area contributed by atoms with E-state index in [1.165, 1.54) is 16.4 Å². The summed E-state index contributed by atoms with van der Waals surface area (Å²) in [5.74, 6) is -0.0828. The third-order valence-electron chi connectivity index (χ3n) is 7.12. The number of hydrogen-bond acceptors (Lipinski definition) is 7. The van der Waals surface area contributed by atoms with Gasteiger partial charge in [0.15, 0.2) is 0 Å². The van der Waals surface area contributed by atoms with E-state index in [-0.39, 0.29) is 47.2 Å². The van der Waals surface area contributed by atoms with Crippen LogP contribution in [0.25, 0.3) is 0 Å². The topological polar surface area (TPSA) is 91.4 Å². The van der Waals surface area contributed by atoms with Gasteiger partial charge in [0.25, 0.3) is 0 Å². The molecule has 3 saturated heterocycles. The van der Waals surface area contributed by atoms with Crippen molar-refractivity contribution in [1.82, 2.24) is 19.4 Å². The third-order valence-corrected chi connectivity index (χ3v) is 9.98. The molecule has 0 aliphatic carbocycles. The van der Waals surface area contributed by atoms with Crippen LogP contribution in [0.2, 0.25) is 10.0 Å². The lowest BCUT2D eigenvalue weighted by Crippen LogP contribution is -2.57. The lowest BCUT2D eigenvalue weighted by atomic mass is 10.0. The van der Waals surface area contributed by atoms with Crippen molar-refractivity contribution >= 4 is 39.1 Å². The van der Waals surface area contributed by atoms with Gasteiger partial charge in [-0.15, -0.1) is 0 Å². The first-order valence-electron chi connectivity index (χ1n) is 12.5. The summed E-state index contributed by atoms with van der Waals surface area (Å²) in [6.07, 6.45) is 2.30. The van der Waals surface area contributed by atoms with Crippen LogP contribution in [0.5, 0.6) is 0 Å². The number of hydrogen-bond donors (Lipinski definition) is 1. The van der Waals surface area contributed by atoms with E-state index in [0.29, 0.717) is 19.1 Å². The molecule has 3 heterocycles. The Kier molecular flexibility index (Phi) is 9.21. The molecular formula is C24H36Cl2N4O5S. The fraction of sp³-hybridized carbons (Fsp3) is 0.708. The van der Waals surface area contributed by atoms with Gasteiger partial charge in [0.1, 0.15) is 11.5 Å². The fourth-order valence-corrected chi connectivity index (χ4v) is 7.94. The Bertz CT molecular complexity index is 1010. The number of rotatable bonds is 7. The van der Waals surface area contributed by atoms with Gasteiger partial charge in [0.05, 0.1) is 34.9 Å². The quantitative estimate of drug-likeness (QED) is 0.543. The number of piperidine rings is 1. The molecule has 3 fully saturated rings. The Morgan fingerprint density at radius 2 is 1.78 bits per heavy atom. The average Bonchev–Trinajstić information content (AvgIpc) is 2.85. The van der Waals surface area contributed by atoms with Crippen molar-refractivity contribution in [2.75, 3.05) is 65.6 Å². The highest BCUT2D eigenvalue weighted by Gasteiger charge is 2.42. The number of piperazine rings is 1. The van der Waals surface area contributed by atoms with Crippen molar-refractivity contribution in [2.45, 2.75) is 49.3 Å². The summed E-state index contributed by atoms with van der Waals surface area (Å²) in [4.78, 5) is 17.0. The molecule has 202 valence electrons. The molecular weight excluding hydrogens is 527 g/mol. The van der Waals surface area contributed by atoms with E-state index in [2.05, 4.69) is 10.2 Å². The monoisotopic (exact) mass is 562 g/mol. The van der Waals surface area contributed by atoms with E-state index in [0.717, 1.165) is 39.0 Å². The Balaban J connectivity index is 1.34. The van der Waals surface area contributed by atoms with Crippen LogP contribution in [-0.2, 0) is 24.3 Å². The number of halogens is 2. The molecule has 4 rings (SSSR count). The van der Waals surface area contributed by atoms with Gasteiger partial charge in [-0.2, -0.15) is 4.31 Å². The van der Waals surface area contributed by atoms with Gasteiger partial charge in [0, 0.05) is 38.8 Å². The van der Waals surface area contributed by atoms with Crippen LogP contribution in [0.15, 0.2) is 23.1 Å². The van der Waals surface area contributed by atoms with E-state index < -0.39 is 21.7 Å². The molecule has 1 aromatic carbocycles. The van der Waals surface area contributed by atoms with Gasteiger partial charge in [0.2, 0.25) is 15.9 Å². The first-order valence-corrected chi connectivity index (χ1v) is 14.7. The highest BCUT2D eigenvalue weighted by molar-refractivity contribution is 7.89. The van der Waals surface area contributed by atoms with Crippen LogP contribution in [0.4, 0.5) is 0 Å². The highest BCUT2D eigenvalue weighted by Crippen LogP contribution is 2.35. The Labute approximate surface area is 224 Å². The largest absolute Gasteiger partial charge is 0.372 e. The number of benzene rings is 1. The summed E-state index contributed by atoms with van der Waals surface area (Å²) in [5, 5.41) is 3.51. The molecule has 9 nitrogen and oxygen atoms in total. The number of ether oxygens (including phenoxy) is 2. The number of nitrogens with zero attached hydrogens (tertiary/aromatic N) is 3. The van der Waals surface area contributed by atoms with Gasteiger partial charge >= 0.3 is 0 Å². The van der Waals surface area contributed by atoms with Gasteiger partial charge in [-0.25, -0.2) is 8.42 Å². The fourth-order valence-electron chi connectivity index (χ4n) is 5.10. The number of sulfonamides is 1. The number of carbonyl (C=O) groups excluding carboxylic acids is 1. The van der Waals surface area contributed by atoms with E-state index >= 15 is 0 Å². The Hall–Kier alpha value is -0.980. The lowest BCUT2D eigenvalue weighted by molar-refractivity contribution is -0.141. The molecule has 0 saturated carbocycles. The molecule has 1 aromatic rings. The Morgan fingerprint density at radius 3 is 2.42 bits per heavy atom. The van der Waals surface area contributed by atoms with Gasteiger partial charge in [-0.05, 0) is 51.9 Å². The predicted octanol–water partition coefficient (Wildman–Crippen LogP) is 2.07. The molecule has 0 unspecified atom stereocenters. The van der Waals surface area contributed by atoms with Crippen molar-refractivity contribution in [3.63, 3.8) is 0 Å². The molecule has 0 aromatic heterocycles. The van der Waals surface area contributed by atoms with E-state index in [4.69, 9.17) is 32.7 Å². The second-order valence-electron chi connectivity index (χ2n) is 10.2. The van der Waals surface area contributed by atoms with E-state index in [9.17, 15) is 13.2 Å². The van der Waals surface area contributed by atoms with E-state index in [1.807, 2.05) is 18.7 Å². The first kappa shape index (κ1) is 28.0. The maximum atomic E-state index is 13.6. The second-order valence-corrected chi connectivity index (χ2v) is 12.9. The zero-order valence-corrected chi connectivity index (χ0v) is 23.2. The molecule has 1 atom stereocenters. The molecule has 0 bridgehead atoms. The number of morpholine rings is 1. The first-order chi connectivity index (χ1) is 17.1. The van der Waals surface area contributed by atoms with Crippen LogP contribution >= 0.6 is 23.2 Å². The van der Waals surface area contributed by atoms with Crippen LogP contribution < -0.4 is 5.32 Å². The predicted molar refractivity (Wildman–Crippen MR) is 139 cm³/mol. The molecule has 36 heavy (non-hydrogen) atoms. The second kappa shape index (κ2) is 11.8. The molecule has 0 spiro atoms. The molecule has 3 aliphatic heterocycles. The summed E-state index contributed by atoms with van der Waals surface area (Å²) in [6, 6.07) is 4.59. The average molecular weight is 564 g/mol. The number of amides is 1. The minimum Gasteiger partial charge on any atom is -0.372 e. The minimum absolute atomic E-state index is 0.0260. The summed E-state index contributed by atoms with van der Waals surface area (Å²) in [7, 11) is -4.03. The number of carbonyl (C=O) groups is 1.